The molecule has 0 spiro atoms. The first-order valence-electron chi connectivity index (χ1n) is 6.51. The molecular formula is C17H13NO3. The highest BCUT2D eigenvalue weighted by molar-refractivity contribution is 6.17. The van der Waals surface area contributed by atoms with Crippen LogP contribution in [0.1, 0.15) is 15.9 Å². The van der Waals surface area contributed by atoms with E-state index >= 15 is 0 Å². The summed E-state index contributed by atoms with van der Waals surface area (Å²) < 4.78 is 1.34. The fourth-order valence-electron chi connectivity index (χ4n) is 2.44. The standard InChI is InChI=1S/C17H13NO3/c1-18-13-10-6-5-9-12(13)14(16(20)17(18)21)15(19)11-7-3-2-4-8-11/h2-10,20H,1H3. The minimum atomic E-state index is -0.576. The number of hydrogen-bond donors (Lipinski definition) is 1. The van der Waals surface area contributed by atoms with Gasteiger partial charge in [0.15, 0.2) is 11.5 Å². The maximum atomic E-state index is 12.6. The van der Waals surface area contributed by atoms with Gasteiger partial charge in [-0.3, -0.25) is 9.59 Å². The maximum Gasteiger partial charge on any atom is 0.293 e. The molecule has 3 rings (SSSR count). The molecule has 1 N–H and O–H groups in total. The molecule has 0 unspecified atom stereocenters. The van der Waals surface area contributed by atoms with Crippen molar-refractivity contribution in [1.29, 1.82) is 0 Å². The van der Waals surface area contributed by atoms with Crippen LogP contribution in [-0.2, 0) is 7.05 Å². The molecule has 1 heterocycles. The molecule has 0 aliphatic rings. The van der Waals surface area contributed by atoms with Crippen LogP contribution in [0.2, 0.25) is 0 Å². The Morgan fingerprint density at radius 3 is 2.33 bits per heavy atom. The minimum absolute atomic E-state index is 0.0555. The molecule has 0 bridgehead atoms. The van der Waals surface area contributed by atoms with Crippen LogP contribution in [0, 0.1) is 0 Å². The number of hydrogen-bond acceptors (Lipinski definition) is 3. The van der Waals surface area contributed by atoms with Gasteiger partial charge in [0.25, 0.3) is 5.56 Å². The fourth-order valence-corrected chi connectivity index (χ4v) is 2.44. The molecule has 3 aromatic rings. The van der Waals surface area contributed by atoms with E-state index in [1.54, 1.807) is 61.6 Å². The van der Waals surface area contributed by atoms with E-state index < -0.39 is 11.3 Å². The van der Waals surface area contributed by atoms with E-state index in [1.165, 1.54) is 4.57 Å². The first-order chi connectivity index (χ1) is 10.1. The van der Waals surface area contributed by atoms with Crippen LogP contribution >= 0.6 is 0 Å². The lowest BCUT2D eigenvalue weighted by Crippen LogP contribution is -2.20. The molecule has 1 aromatic heterocycles. The fraction of sp³-hybridized carbons (Fsp3) is 0.0588. The zero-order chi connectivity index (χ0) is 15.0. The summed E-state index contributed by atoms with van der Waals surface area (Å²) >= 11 is 0. The average Bonchev–Trinajstić information content (AvgIpc) is 2.53. The highest BCUT2D eigenvalue weighted by atomic mass is 16.3. The third kappa shape index (κ3) is 2.01. The summed E-state index contributed by atoms with van der Waals surface area (Å²) in [5.74, 6) is -0.868. The summed E-state index contributed by atoms with van der Waals surface area (Å²) in [6.07, 6.45) is 0. The van der Waals surface area contributed by atoms with Gasteiger partial charge >= 0.3 is 0 Å². The van der Waals surface area contributed by atoms with Crippen molar-refractivity contribution >= 4 is 16.7 Å². The molecular weight excluding hydrogens is 266 g/mol. The summed E-state index contributed by atoms with van der Waals surface area (Å²) in [7, 11) is 1.57. The number of rotatable bonds is 2. The summed E-state index contributed by atoms with van der Waals surface area (Å²) in [6, 6.07) is 15.6. The Hall–Kier alpha value is -2.88. The molecule has 4 nitrogen and oxygen atoms in total. The zero-order valence-electron chi connectivity index (χ0n) is 11.4. The summed E-state index contributed by atoms with van der Waals surface area (Å²) in [5, 5.41) is 10.7. The van der Waals surface area contributed by atoms with Crippen LogP contribution < -0.4 is 5.56 Å². The highest BCUT2D eigenvalue weighted by Crippen LogP contribution is 2.26. The normalized spacial score (nSPS) is 10.7. The van der Waals surface area contributed by atoms with Crippen molar-refractivity contribution in [3.05, 3.63) is 76.1 Å². The van der Waals surface area contributed by atoms with Gasteiger partial charge in [-0.1, -0.05) is 48.5 Å². The highest BCUT2D eigenvalue weighted by Gasteiger charge is 2.21. The summed E-state index contributed by atoms with van der Waals surface area (Å²) in [6.45, 7) is 0. The topological polar surface area (TPSA) is 59.3 Å². The van der Waals surface area contributed by atoms with Crippen molar-refractivity contribution in [2.45, 2.75) is 0 Å². The van der Waals surface area contributed by atoms with E-state index in [0.717, 1.165) is 0 Å². The van der Waals surface area contributed by atoms with Crippen molar-refractivity contribution in [2.75, 3.05) is 0 Å². The minimum Gasteiger partial charge on any atom is -0.502 e. The lowest BCUT2D eigenvalue weighted by Gasteiger charge is -2.11. The molecule has 0 radical (unpaired) electrons. The summed E-state index contributed by atoms with van der Waals surface area (Å²) in [5.41, 5.74) is 0.527. The maximum absolute atomic E-state index is 12.6. The molecule has 0 amide bonds. The monoisotopic (exact) mass is 279 g/mol. The van der Waals surface area contributed by atoms with Gasteiger partial charge in [0.1, 0.15) is 0 Å². The number of ketones is 1. The van der Waals surface area contributed by atoms with E-state index in [4.69, 9.17) is 0 Å². The van der Waals surface area contributed by atoms with Crippen LogP contribution in [0.4, 0.5) is 0 Å². The third-order valence-corrected chi connectivity index (χ3v) is 3.54. The SMILES string of the molecule is Cn1c(=O)c(O)c(C(=O)c2ccccc2)c2ccccc21. The smallest absolute Gasteiger partial charge is 0.293 e. The van der Waals surface area contributed by atoms with Crippen molar-refractivity contribution < 1.29 is 9.90 Å². The van der Waals surface area contributed by atoms with Crippen LogP contribution in [0.25, 0.3) is 10.9 Å². The molecule has 21 heavy (non-hydrogen) atoms. The number of aromatic hydroxyl groups is 1. The molecule has 0 aliphatic carbocycles. The molecule has 0 aliphatic heterocycles. The van der Waals surface area contributed by atoms with Gasteiger partial charge in [-0.2, -0.15) is 0 Å². The number of aryl methyl sites for hydroxylation is 1. The van der Waals surface area contributed by atoms with E-state index in [-0.39, 0.29) is 11.3 Å². The molecule has 0 saturated carbocycles. The Kier molecular flexibility index (Phi) is 3.06. The van der Waals surface area contributed by atoms with Gasteiger partial charge in [-0.25, -0.2) is 0 Å². The van der Waals surface area contributed by atoms with Gasteiger partial charge in [-0.15, -0.1) is 0 Å². The number of aromatic nitrogens is 1. The first kappa shape index (κ1) is 13.1. The van der Waals surface area contributed by atoms with Gasteiger partial charge in [0.05, 0.1) is 11.1 Å². The number of fused-ring (bicyclic) bond motifs is 1. The van der Waals surface area contributed by atoms with Gasteiger partial charge in [0.2, 0.25) is 0 Å². The molecule has 0 saturated heterocycles. The van der Waals surface area contributed by atoms with Crippen LogP contribution in [0.3, 0.4) is 0 Å². The molecule has 4 heteroatoms. The number of para-hydroxylation sites is 1. The second-order valence-corrected chi connectivity index (χ2v) is 4.80. The van der Waals surface area contributed by atoms with Crippen LogP contribution in [0.15, 0.2) is 59.4 Å². The van der Waals surface area contributed by atoms with Crippen molar-refractivity contribution in [3.63, 3.8) is 0 Å². The quantitative estimate of drug-likeness (QED) is 0.733. The molecule has 0 fully saturated rings. The Labute approximate surface area is 120 Å². The largest absolute Gasteiger partial charge is 0.502 e. The van der Waals surface area contributed by atoms with Gasteiger partial charge in [0, 0.05) is 18.0 Å². The number of pyridine rings is 1. The van der Waals surface area contributed by atoms with Crippen molar-refractivity contribution in [1.82, 2.24) is 4.57 Å². The lowest BCUT2D eigenvalue weighted by molar-refractivity contribution is 0.103. The predicted molar refractivity (Wildman–Crippen MR) is 80.7 cm³/mol. The van der Waals surface area contributed by atoms with Crippen molar-refractivity contribution in [2.24, 2.45) is 7.05 Å². The van der Waals surface area contributed by atoms with E-state index in [2.05, 4.69) is 0 Å². The Morgan fingerprint density at radius 2 is 1.62 bits per heavy atom. The van der Waals surface area contributed by atoms with Crippen molar-refractivity contribution in [3.8, 4) is 5.75 Å². The van der Waals surface area contributed by atoms with E-state index in [1.807, 2.05) is 0 Å². The summed E-state index contributed by atoms with van der Waals surface area (Å²) in [4.78, 5) is 24.7. The molecule has 0 atom stereocenters. The van der Waals surface area contributed by atoms with E-state index in [9.17, 15) is 14.7 Å². The Balaban J connectivity index is 2.38. The predicted octanol–water partition coefficient (Wildman–Crippen LogP) is 2.48. The van der Waals surface area contributed by atoms with E-state index in [0.29, 0.717) is 16.5 Å². The van der Waals surface area contributed by atoms with Gasteiger partial charge < -0.3 is 9.67 Å². The second kappa shape index (κ2) is 4.90. The number of benzene rings is 2. The number of carbonyl (C=O) groups is 1. The third-order valence-electron chi connectivity index (χ3n) is 3.54. The average molecular weight is 279 g/mol. The van der Waals surface area contributed by atoms with Crippen LogP contribution in [0.5, 0.6) is 5.75 Å². The number of nitrogens with zero attached hydrogens (tertiary/aromatic N) is 1. The first-order valence-corrected chi connectivity index (χ1v) is 6.51. The zero-order valence-corrected chi connectivity index (χ0v) is 11.4. The molecule has 2 aromatic carbocycles. The van der Waals surface area contributed by atoms with Crippen LogP contribution in [-0.4, -0.2) is 15.5 Å². The second-order valence-electron chi connectivity index (χ2n) is 4.80. The van der Waals surface area contributed by atoms with Gasteiger partial charge in [-0.05, 0) is 6.07 Å². The Morgan fingerprint density at radius 1 is 1.00 bits per heavy atom. The molecule has 104 valence electrons. The Bertz CT molecular complexity index is 895. The lowest BCUT2D eigenvalue weighted by atomic mass is 9.98. The number of carbonyl (C=O) groups excluding carboxylic acids is 1.